The van der Waals surface area contributed by atoms with Crippen molar-refractivity contribution in [3.63, 3.8) is 0 Å². The third kappa shape index (κ3) is 7.78. The first kappa shape index (κ1) is 29.4. The standard InChI is InChI=1S/C32H43BrN2O5/c33-27-20-26(21-28(22-27)38-17-9-4-2-1-3-8-12-30-39-18-19-40-30)31(25-10-6-5-7-11-25)35(32(36)37)29-23-34-15-13-24(29)14-16-34/h5-7,10-11,20-22,24,29-31H,1-4,8-9,12-19,23H2,(H,36,37)/t29?,31-/m1/s1. The summed E-state index contributed by atoms with van der Waals surface area (Å²) >= 11 is 3.68. The van der Waals surface area contributed by atoms with Crippen molar-refractivity contribution >= 4 is 22.0 Å². The van der Waals surface area contributed by atoms with E-state index < -0.39 is 12.1 Å². The molecule has 4 aliphatic rings. The van der Waals surface area contributed by atoms with E-state index in [0.717, 1.165) is 92.7 Å². The van der Waals surface area contributed by atoms with Crippen molar-refractivity contribution in [1.82, 2.24) is 9.80 Å². The van der Waals surface area contributed by atoms with Gasteiger partial charge in [0.1, 0.15) is 5.75 Å². The number of amides is 1. The molecule has 1 N–H and O–H groups in total. The van der Waals surface area contributed by atoms with Crippen LogP contribution in [0.2, 0.25) is 0 Å². The normalized spacial score (nSPS) is 23.3. The summed E-state index contributed by atoms with van der Waals surface area (Å²) in [6, 6.07) is 15.7. The number of fused-ring (bicyclic) bond motifs is 3. The highest BCUT2D eigenvalue weighted by molar-refractivity contribution is 9.10. The second-order valence-electron chi connectivity index (χ2n) is 11.4. The first-order chi connectivity index (χ1) is 19.6. The summed E-state index contributed by atoms with van der Waals surface area (Å²) in [6.45, 7) is 5.06. The van der Waals surface area contributed by atoms with E-state index in [0.29, 0.717) is 12.5 Å². The summed E-state index contributed by atoms with van der Waals surface area (Å²) in [6.07, 6.45) is 9.18. The lowest BCUT2D eigenvalue weighted by Crippen LogP contribution is -2.59. The Morgan fingerprint density at radius 3 is 2.35 bits per heavy atom. The number of halogens is 1. The number of ether oxygens (including phenoxy) is 3. The van der Waals surface area contributed by atoms with Crippen LogP contribution in [0.25, 0.3) is 0 Å². The van der Waals surface area contributed by atoms with Gasteiger partial charge in [-0.2, -0.15) is 0 Å². The van der Waals surface area contributed by atoms with Crippen LogP contribution in [0.5, 0.6) is 5.75 Å². The number of piperidine rings is 3. The summed E-state index contributed by atoms with van der Waals surface area (Å²) in [5, 5.41) is 10.6. The van der Waals surface area contributed by atoms with Gasteiger partial charge in [0.15, 0.2) is 6.29 Å². The highest BCUT2D eigenvalue weighted by Crippen LogP contribution is 2.40. The molecular weight excluding hydrogens is 572 g/mol. The van der Waals surface area contributed by atoms with Crippen molar-refractivity contribution in [1.29, 1.82) is 0 Å². The second kappa shape index (κ2) is 14.7. The summed E-state index contributed by atoms with van der Waals surface area (Å²) in [5.41, 5.74) is 1.92. The lowest BCUT2D eigenvalue weighted by atomic mass is 9.81. The van der Waals surface area contributed by atoms with Crippen molar-refractivity contribution in [2.75, 3.05) is 39.5 Å². The van der Waals surface area contributed by atoms with Gasteiger partial charge in [-0.3, -0.25) is 4.90 Å². The van der Waals surface area contributed by atoms with Gasteiger partial charge in [0.2, 0.25) is 0 Å². The van der Waals surface area contributed by atoms with E-state index in [4.69, 9.17) is 14.2 Å². The first-order valence-electron chi connectivity index (χ1n) is 15.0. The predicted octanol–water partition coefficient (Wildman–Crippen LogP) is 7.10. The fourth-order valence-electron chi connectivity index (χ4n) is 6.55. The Bertz CT molecular complexity index is 1070. The van der Waals surface area contributed by atoms with Crippen LogP contribution in [-0.4, -0.2) is 72.8 Å². The van der Waals surface area contributed by atoms with Gasteiger partial charge in [0.05, 0.1) is 31.9 Å². The summed E-state index contributed by atoms with van der Waals surface area (Å²) < 4.78 is 18.1. The minimum Gasteiger partial charge on any atom is -0.494 e. The zero-order valence-corrected chi connectivity index (χ0v) is 25.0. The molecule has 1 amide bonds. The van der Waals surface area contributed by atoms with Crippen molar-refractivity contribution in [2.45, 2.75) is 76.2 Å². The van der Waals surface area contributed by atoms with Gasteiger partial charge in [-0.05, 0) is 80.4 Å². The Morgan fingerprint density at radius 1 is 0.975 bits per heavy atom. The van der Waals surface area contributed by atoms with Crippen LogP contribution in [-0.2, 0) is 9.47 Å². The molecule has 2 atom stereocenters. The molecule has 2 aromatic carbocycles. The van der Waals surface area contributed by atoms with Crippen LogP contribution in [0.15, 0.2) is 53.0 Å². The minimum absolute atomic E-state index is 0.0168. The molecule has 0 spiro atoms. The van der Waals surface area contributed by atoms with Gasteiger partial charge in [0, 0.05) is 11.0 Å². The summed E-state index contributed by atoms with van der Waals surface area (Å²) in [5.74, 6) is 1.18. The molecule has 7 nitrogen and oxygen atoms in total. The zero-order valence-electron chi connectivity index (χ0n) is 23.4. The number of rotatable bonds is 14. The van der Waals surface area contributed by atoms with Crippen molar-refractivity contribution in [3.8, 4) is 5.75 Å². The molecule has 6 rings (SSSR count). The number of hydrogen-bond donors (Lipinski definition) is 1. The van der Waals surface area contributed by atoms with Crippen LogP contribution in [0.1, 0.15) is 75.0 Å². The van der Waals surface area contributed by atoms with Gasteiger partial charge < -0.3 is 24.2 Å². The summed E-state index contributed by atoms with van der Waals surface area (Å²) in [4.78, 5) is 17.0. The fourth-order valence-corrected chi connectivity index (χ4v) is 7.04. The summed E-state index contributed by atoms with van der Waals surface area (Å²) in [7, 11) is 0. The van der Waals surface area contributed by atoms with Gasteiger partial charge in [0.25, 0.3) is 0 Å². The Balaban J connectivity index is 1.20. The predicted molar refractivity (Wildman–Crippen MR) is 159 cm³/mol. The first-order valence-corrected chi connectivity index (χ1v) is 15.8. The number of carbonyl (C=O) groups is 1. The number of unbranched alkanes of at least 4 members (excludes halogenated alkanes) is 5. The Labute approximate surface area is 246 Å². The molecule has 40 heavy (non-hydrogen) atoms. The molecule has 2 bridgehead atoms. The maximum atomic E-state index is 12.9. The molecule has 1 unspecified atom stereocenters. The molecule has 0 aliphatic carbocycles. The number of carboxylic acid groups (broad SMARTS) is 1. The van der Waals surface area contributed by atoms with E-state index in [1.807, 2.05) is 48.5 Å². The molecule has 4 aliphatic heterocycles. The van der Waals surface area contributed by atoms with Crippen LogP contribution >= 0.6 is 15.9 Å². The third-order valence-electron chi connectivity index (χ3n) is 8.60. The maximum absolute atomic E-state index is 12.9. The average molecular weight is 616 g/mol. The smallest absolute Gasteiger partial charge is 0.408 e. The van der Waals surface area contributed by atoms with Crippen LogP contribution in [0.4, 0.5) is 4.79 Å². The Kier molecular flexibility index (Phi) is 10.8. The van der Waals surface area contributed by atoms with Crippen molar-refractivity contribution in [2.24, 2.45) is 5.92 Å². The highest BCUT2D eigenvalue weighted by atomic mass is 79.9. The molecule has 4 fully saturated rings. The van der Waals surface area contributed by atoms with Crippen molar-refractivity contribution in [3.05, 3.63) is 64.1 Å². The molecule has 2 aromatic rings. The molecular formula is C32H43BrN2O5. The van der Waals surface area contributed by atoms with E-state index in [2.05, 4.69) is 20.8 Å². The molecule has 0 aromatic heterocycles. The largest absolute Gasteiger partial charge is 0.494 e. The van der Waals surface area contributed by atoms with Gasteiger partial charge in [-0.1, -0.05) is 71.9 Å². The number of nitrogens with zero attached hydrogens (tertiary/aromatic N) is 2. The Morgan fingerprint density at radius 2 is 1.68 bits per heavy atom. The molecule has 218 valence electrons. The van der Waals surface area contributed by atoms with E-state index in [1.165, 1.54) is 19.3 Å². The van der Waals surface area contributed by atoms with E-state index in [1.54, 1.807) is 4.90 Å². The van der Waals surface area contributed by atoms with E-state index in [-0.39, 0.29) is 12.3 Å². The second-order valence-corrected chi connectivity index (χ2v) is 12.3. The highest BCUT2D eigenvalue weighted by Gasteiger charge is 2.43. The monoisotopic (exact) mass is 614 g/mol. The van der Waals surface area contributed by atoms with E-state index in [9.17, 15) is 9.90 Å². The maximum Gasteiger partial charge on any atom is 0.408 e. The zero-order chi connectivity index (χ0) is 27.7. The molecule has 8 heteroatoms. The average Bonchev–Trinajstić information content (AvgIpc) is 3.49. The quantitative estimate of drug-likeness (QED) is 0.229. The SMILES string of the molecule is O=C(O)N(C1CN2CCC1CC2)[C@H](c1ccccc1)c1cc(Br)cc(OCCCCCCCCC2OCCO2)c1. The molecule has 0 saturated carbocycles. The van der Waals surface area contributed by atoms with Crippen LogP contribution in [0.3, 0.4) is 0 Å². The van der Waals surface area contributed by atoms with Crippen LogP contribution in [0, 0.1) is 5.92 Å². The number of hydrogen-bond acceptors (Lipinski definition) is 5. The van der Waals surface area contributed by atoms with Gasteiger partial charge in [-0.25, -0.2) is 4.79 Å². The molecule has 4 saturated heterocycles. The lowest BCUT2D eigenvalue weighted by molar-refractivity contribution is -0.0480. The fraction of sp³-hybridized carbons (Fsp3) is 0.594. The van der Waals surface area contributed by atoms with Crippen LogP contribution < -0.4 is 4.74 Å². The molecule has 4 heterocycles. The topological polar surface area (TPSA) is 71.5 Å². The lowest BCUT2D eigenvalue weighted by Gasteiger charge is -2.50. The third-order valence-corrected chi connectivity index (χ3v) is 9.05. The van der Waals surface area contributed by atoms with Gasteiger partial charge in [-0.15, -0.1) is 0 Å². The molecule has 0 radical (unpaired) electrons. The number of benzene rings is 2. The minimum atomic E-state index is -0.863. The van der Waals surface area contributed by atoms with Crippen molar-refractivity contribution < 1.29 is 24.1 Å². The van der Waals surface area contributed by atoms with Gasteiger partial charge >= 0.3 is 6.09 Å². The van der Waals surface area contributed by atoms with E-state index >= 15 is 0 Å². The Hall–Kier alpha value is -2.13.